The van der Waals surface area contributed by atoms with Crippen LogP contribution in [0, 0.1) is 0 Å². The van der Waals surface area contributed by atoms with E-state index in [0.29, 0.717) is 11.5 Å². The van der Waals surface area contributed by atoms with Gasteiger partial charge in [-0.15, -0.1) is 0 Å². The molecule has 0 bridgehead atoms. The first kappa shape index (κ1) is 26.5. The number of anilines is 1. The van der Waals surface area contributed by atoms with Gasteiger partial charge in [0, 0.05) is 18.6 Å². The topological polar surface area (TPSA) is 242 Å². The molecule has 1 aromatic heterocycles. The first-order valence-electron chi connectivity index (χ1n) is 9.09. The summed E-state index contributed by atoms with van der Waals surface area (Å²) in [5, 5.41) is 19.9. The van der Waals surface area contributed by atoms with E-state index in [2.05, 4.69) is 36.6 Å². The second-order valence-electron chi connectivity index (χ2n) is 7.19. The van der Waals surface area contributed by atoms with Crippen LogP contribution in [0.1, 0.15) is 19.7 Å². The minimum atomic E-state index is -4.95. The Morgan fingerprint density at radius 2 is 2.12 bits per heavy atom. The van der Waals surface area contributed by atoms with Crippen LogP contribution in [0.15, 0.2) is 15.2 Å². The molecule has 0 spiro atoms. The molecule has 2 amide bonds. The van der Waals surface area contributed by atoms with Crippen molar-refractivity contribution in [2.24, 2.45) is 15.2 Å². The first-order chi connectivity index (χ1) is 15.7. The molecule has 19 heteroatoms. The minimum Gasteiger partial charge on any atom is -0.478 e. The number of carbonyl (C=O) groups excluding carboxylic acids is 2. The van der Waals surface area contributed by atoms with E-state index in [0.717, 1.165) is 6.34 Å². The molecular weight excluding hydrogens is 498 g/mol. The number of hydrogen-bond acceptors (Lipinski definition) is 13. The van der Waals surface area contributed by atoms with Gasteiger partial charge in [-0.2, -0.15) is 22.9 Å². The van der Waals surface area contributed by atoms with Crippen LogP contribution in [0.3, 0.4) is 0 Å². The molecule has 1 aliphatic heterocycles. The fraction of sp³-hybridized carbons (Fsp3) is 0.467. The molecule has 0 saturated carbocycles. The van der Waals surface area contributed by atoms with Crippen LogP contribution in [0.2, 0.25) is 0 Å². The number of carboxylic acid groups (broad SMARTS) is 1. The molecule has 186 valence electrons. The van der Waals surface area contributed by atoms with Crippen LogP contribution < -0.4 is 11.1 Å². The summed E-state index contributed by atoms with van der Waals surface area (Å²) in [5.41, 5.74) is 3.06. The number of hydrazone groups is 1. The van der Waals surface area contributed by atoms with Crippen molar-refractivity contribution in [2.75, 3.05) is 19.3 Å². The Morgan fingerprint density at radius 3 is 2.62 bits per heavy atom. The van der Waals surface area contributed by atoms with E-state index in [9.17, 15) is 32.5 Å². The number of amides is 2. The van der Waals surface area contributed by atoms with Gasteiger partial charge in [0.15, 0.2) is 5.13 Å². The lowest BCUT2D eigenvalue weighted by Crippen LogP contribution is -2.74. The molecule has 0 unspecified atom stereocenters. The SMILES string of the molecule is C=N/C=N\N(C)C[C@@H]1[C@H](NC(=O)/C(=N\OC(C)(C)C(=O)O)c2nsc(N)n2)C(=O)N1S(=O)(=O)O. The highest BCUT2D eigenvalue weighted by molar-refractivity contribution is 7.84. The Hall–Kier alpha value is -3.71. The lowest BCUT2D eigenvalue weighted by Gasteiger charge is -2.44. The number of likely N-dealkylation sites (N-methyl/N-ethyl adjacent to an activating group) is 1. The average Bonchev–Trinajstić information content (AvgIpc) is 3.14. The predicted molar refractivity (Wildman–Crippen MR) is 118 cm³/mol. The van der Waals surface area contributed by atoms with Gasteiger partial charge in [-0.3, -0.25) is 24.1 Å². The second-order valence-corrected chi connectivity index (χ2v) is 9.26. The molecule has 2 rings (SSSR count). The van der Waals surface area contributed by atoms with Gasteiger partial charge >= 0.3 is 16.3 Å². The summed E-state index contributed by atoms with van der Waals surface area (Å²) in [6.07, 6.45) is 1.05. The smallest absolute Gasteiger partial charge is 0.362 e. The number of aliphatic imine (C=N–C) groups is 1. The average molecular weight is 520 g/mol. The molecule has 0 radical (unpaired) electrons. The van der Waals surface area contributed by atoms with Crippen LogP contribution in [-0.2, 0) is 29.5 Å². The van der Waals surface area contributed by atoms with Crippen LogP contribution in [0.4, 0.5) is 5.13 Å². The largest absolute Gasteiger partial charge is 0.478 e. The third-order valence-electron chi connectivity index (χ3n) is 4.23. The first-order valence-corrected chi connectivity index (χ1v) is 11.3. The Bertz CT molecular complexity index is 1150. The molecule has 34 heavy (non-hydrogen) atoms. The number of aromatic nitrogens is 2. The quantitative estimate of drug-likeness (QED) is 0.0798. The summed E-state index contributed by atoms with van der Waals surface area (Å²) >= 11 is 0.709. The number of aliphatic carboxylic acids is 1. The highest BCUT2D eigenvalue weighted by Crippen LogP contribution is 2.25. The lowest BCUT2D eigenvalue weighted by atomic mass is 9.98. The van der Waals surface area contributed by atoms with Gasteiger partial charge in [0.05, 0.1) is 12.6 Å². The Labute approximate surface area is 197 Å². The van der Waals surface area contributed by atoms with Crippen molar-refractivity contribution in [2.45, 2.75) is 31.5 Å². The number of carboxylic acids is 1. The van der Waals surface area contributed by atoms with Crippen molar-refractivity contribution in [1.29, 1.82) is 0 Å². The zero-order chi connectivity index (χ0) is 25.8. The Morgan fingerprint density at radius 1 is 1.47 bits per heavy atom. The van der Waals surface area contributed by atoms with Crippen LogP contribution >= 0.6 is 11.5 Å². The number of nitrogens with two attached hydrogens (primary N) is 1. The number of nitrogens with one attached hydrogen (secondary N) is 1. The molecule has 0 aliphatic carbocycles. The fourth-order valence-electron chi connectivity index (χ4n) is 2.51. The minimum absolute atomic E-state index is 0.0431. The highest BCUT2D eigenvalue weighted by Gasteiger charge is 2.54. The number of β-lactam (4-membered cyclic amide) rings is 1. The summed E-state index contributed by atoms with van der Waals surface area (Å²) in [6, 6.07) is -2.72. The molecule has 0 aromatic carbocycles. The van der Waals surface area contributed by atoms with Crippen molar-refractivity contribution in [3.05, 3.63) is 5.82 Å². The molecule has 5 N–H and O–H groups in total. The summed E-state index contributed by atoms with van der Waals surface area (Å²) in [5.74, 6) is -3.96. The molecule has 1 aliphatic rings. The van der Waals surface area contributed by atoms with Crippen molar-refractivity contribution < 1.29 is 37.3 Å². The molecule has 1 fully saturated rings. The van der Waals surface area contributed by atoms with Crippen molar-refractivity contribution in [3.63, 3.8) is 0 Å². The van der Waals surface area contributed by atoms with Gasteiger partial charge in [0.1, 0.15) is 12.4 Å². The summed E-state index contributed by atoms with van der Waals surface area (Å²) < 4.78 is 36.6. The molecule has 1 saturated heterocycles. The zero-order valence-electron chi connectivity index (χ0n) is 18.0. The normalized spacial score (nSPS) is 19.0. The highest BCUT2D eigenvalue weighted by atomic mass is 32.2. The van der Waals surface area contributed by atoms with Crippen molar-refractivity contribution in [3.8, 4) is 0 Å². The van der Waals surface area contributed by atoms with Crippen molar-refractivity contribution >= 4 is 63.5 Å². The van der Waals surface area contributed by atoms with Crippen molar-refractivity contribution in [1.82, 2.24) is 24.0 Å². The zero-order valence-corrected chi connectivity index (χ0v) is 19.6. The number of nitrogens with zero attached hydrogens (tertiary/aromatic N) is 7. The maximum absolute atomic E-state index is 12.9. The summed E-state index contributed by atoms with van der Waals surface area (Å²) in [6.45, 7) is 5.28. The molecule has 1 aromatic rings. The van der Waals surface area contributed by atoms with Gasteiger partial charge in [0.25, 0.3) is 11.8 Å². The summed E-state index contributed by atoms with van der Waals surface area (Å²) in [4.78, 5) is 48.7. The lowest BCUT2D eigenvalue weighted by molar-refractivity contribution is -0.161. The van der Waals surface area contributed by atoms with Gasteiger partial charge < -0.3 is 21.0 Å². The number of rotatable bonds is 11. The van der Waals surface area contributed by atoms with E-state index in [-0.39, 0.29) is 21.8 Å². The van der Waals surface area contributed by atoms with E-state index in [4.69, 9.17) is 10.6 Å². The molecular formula is C15H21N9O8S2. The third kappa shape index (κ3) is 5.99. The van der Waals surface area contributed by atoms with E-state index in [1.807, 2.05) is 0 Å². The van der Waals surface area contributed by atoms with Gasteiger partial charge in [-0.05, 0) is 20.6 Å². The van der Waals surface area contributed by atoms with Crippen LogP contribution in [-0.4, -0.2) is 105 Å². The molecule has 2 atom stereocenters. The second kappa shape index (κ2) is 10.1. The predicted octanol–water partition coefficient (Wildman–Crippen LogP) is -2.22. The van der Waals surface area contributed by atoms with E-state index in [1.165, 1.54) is 25.9 Å². The fourth-order valence-corrected chi connectivity index (χ4v) is 3.81. The number of carbonyl (C=O) groups is 3. The van der Waals surface area contributed by atoms with Crippen LogP contribution in [0.25, 0.3) is 0 Å². The maximum Gasteiger partial charge on any atom is 0.362 e. The van der Waals surface area contributed by atoms with E-state index >= 15 is 0 Å². The number of nitrogen functional groups attached to an aromatic ring is 1. The number of hydrogen-bond donors (Lipinski definition) is 4. The molecule has 2 heterocycles. The van der Waals surface area contributed by atoms with Gasteiger partial charge in [0.2, 0.25) is 17.1 Å². The third-order valence-corrected chi connectivity index (χ3v) is 5.73. The Kier molecular flexibility index (Phi) is 7.85. The van der Waals surface area contributed by atoms with Gasteiger partial charge in [-0.1, -0.05) is 5.16 Å². The maximum atomic E-state index is 12.9. The van der Waals surface area contributed by atoms with Gasteiger partial charge in [-0.25, -0.2) is 9.10 Å². The van der Waals surface area contributed by atoms with Crippen LogP contribution in [0.5, 0.6) is 0 Å². The molecule has 17 nitrogen and oxygen atoms in total. The number of oxime groups is 1. The standard InChI is InChI=1S/C15H21N9O8S2/c1-15(2,13(27)28)32-21-9(10-20-14(16)33-22-10)11(25)19-8-7(5-23(4)18-6-17-3)24(12(8)26)34(29,30)31/h6-8H,3,5H2,1-2,4H3,(H,19,25)(H,27,28)(H2,16,20,22)(H,29,30,31)/b18-6-,21-9-/t7-,8+/m1/s1. The summed E-state index contributed by atoms with van der Waals surface area (Å²) in [7, 11) is -3.53. The van der Waals surface area contributed by atoms with E-state index < -0.39 is 51.5 Å². The van der Waals surface area contributed by atoms with E-state index in [1.54, 1.807) is 0 Å². The Balaban J connectivity index is 2.34. The monoisotopic (exact) mass is 519 g/mol.